The molecular formula is C12H18BrFN2S. The van der Waals surface area contributed by atoms with Crippen LogP contribution in [0.15, 0.2) is 22.7 Å². The van der Waals surface area contributed by atoms with Gasteiger partial charge in [-0.05, 0) is 29.4 Å². The molecule has 0 bridgehead atoms. The maximum atomic E-state index is 13.6. The van der Waals surface area contributed by atoms with Crippen molar-refractivity contribution in [1.82, 2.24) is 5.43 Å². The van der Waals surface area contributed by atoms with Crippen LogP contribution in [0.5, 0.6) is 0 Å². The van der Waals surface area contributed by atoms with Crippen LogP contribution in [-0.2, 0) is 6.42 Å². The highest BCUT2D eigenvalue weighted by Crippen LogP contribution is 2.18. The smallest absolute Gasteiger partial charge is 0.127 e. The van der Waals surface area contributed by atoms with Gasteiger partial charge in [0.05, 0.1) is 0 Å². The molecule has 0 aromatic heterocycles. The van der Waals surface area contributed by atoms with Gasteiger partial charge in [0.1, 0.15) is 5.82 Å². The first kappa shape index (κ1) is 15.0. The lowest BCUT2D eigenvalue weighted by atomic mass is 10.1. The number of benzene rings is 1. The molecule has 1 unspecified atom stereocenters. The zero-order valence-electron chi connectivity index (χ0n) is 10.0. The Kier molecular flexibility index (Phi) is 6.48. The van der Waals surface area contributed by atoms with Gasteiger partial charge in [-0.15, -0.1) is 0 Å². The highest BCUT2D eigenvalue weighted by atomic mass is 79.9. The molecule has 5 heteroatoms. The van der Waals surface area contributed by atoms with E-state index in [9.17, 15) is 4.39 Å². The molecule has 0 fully saturated rings. The molecule has 0 aliphatic heterocycles. The zero-order chi connectivity index (χ0) is 12.8. The van der Waals surface area contributed by atoms with E-state index in [1.165, 1.54) is 6.07 Å². The molecule has 96 valence electrons. The third-order valence-electron chi connectivity index (χ3n) is 2.35. The van der Waals surface area contributed by atoms with Crippen LogP contribution in [0.4, 0.5) is 4.39 Å². The van der Waals surface area contributed by atoms with Crippen molar-refractivity contribution in [2.24, 2.45) is 5.84 Å². The number of nitrogens with two attached hydrogens (primary N) is 1. The second-order valence-electron chi connectivity index (χ2n) is 4.19. The van der Waals surface area contributed by atoms with Gasteiger partial charge in [-0.25, -0.2) is 4.39 Å². The molecular weight excluding hydrogens is 303 g/mol. The quantitative estimate of drug-likeness (QED) is 0.625. The molecule has 1 aromatic rings. The number of hydrazine groups is 1. The zero-order valence-corrected chi connectivity index (χ0v) is 12.4. The van der Waals surface area contributed by atoms with E-state index in [2.05, 4.69) is 35.2 Å². The third-order valence-corrected chi connectivity index (χ3v) is 4.10. The summed E-state index contributed by atoms with van der Waals surface area (Å²) < 4.78 is 14.4. The van der Waals surface area contributed by atoms with Crippen LogP contribution in [0.25, 0.3) is 0 Å². The van der Waals surface area contributed by atoms with E-state index < -0.39 is 0 Å². The molecule has 1 rings (SSSR count). The number of hydrogen-bond donors (Lipinski definition) is 2. The fourth-order valence-electron chi connectivity index (χ4n) is 1.43. The summed E-state index contributed by atoms with van der Waals surface area (Å²) in [5.41, 5.74) is 3.44. The molecule has 0 aliphatic carbocycles. The van der Waals surface area contributed by atoms with Crippen LogP contribution in [-0.4, -0.2) is 17.0 Å². The van der Waals surface area contributed by atoms with Gasteiger partial charge in [0.25, 0.3) is 0 Å². The summed E-state index contributed by atoms with van der Waals surface area (Å²) in [7, 11) is 0. The number of halogens is 2. The van der Waals surface area contributed by atoms with Crippen molar-refractivity contribution in [3.05, 3.63) is 34.1 Å². The van der Waals surface area contributed by atoms with Gasteiger partial charge in [-0.1, -0.05) is 35.8 Å². The number of nitrogens with one attached hydrogen (secondary N) is 1. The maximum Gasteiger partial charge on any atom is 0.127 e. The summed E-state index contributed by atoms with van der Waals surface area (Å²) >= 11 is 5.06. The van der Waals surface area contributed by atoms with Crippen LogP contribution in [0, 0.1) is 5.82 Å². The fourth-order valence-corrected chi connectivity index (χ4v) is 2.59. The fraction of sp³-hybridized carbons (Fsp3) is 0.500. The van der Waals surface area contributed by atoms with Crippen LogP contribution in [0.2, 0.25) is 0 Å². The van der Waals surface area contributed by atoms with Crippen molar-refractivity contribution in [2.45, 2.75) is 31.6 Å². The van der Waals surface area contributed by atoms with Gasteiger partial charge in [0.15, 0.2) is 0 Å². The number of hydrogen-bond acceptors (Lipinski definition) is 3. The van der Waals surface area contributed by atoms with Crippen molar-refractivity contribution >= 4 is 27.7 Å². The Labute approximate surface area is 115 Å². The van der Waals surface area contributed by atoms with Crippen LogP contribution < -0.4 is 11.3 Å². The van der Waals surface area contributed by atoms with E-state index in [1.54, 1.807) is 6.07 Å². The first-order valence-electron chi connectivity index (χ1n) is 5.54. The Balaban J connectivity index is 2.60. The summed E-state index contributed by atoms with van der Waals surface area (Å²) in [5, 5.41) is 0.556. The summed E-state index contributed by atoms with van der Waals surface area (Å²) in [4.78, 5) is 0. The van der Waals surface area contributed by atoms with Crippen molar-refractivity contribution < 1.29 is 4.39 Å². The van der Waals surface area contributed by atoms with E-state index in [1.807, 2.05) is 17.8 Å². The molecule has 0 aliphatic rings. The number of rotatable bonds is 6. The Morgan fingerprint density at radius 3 is 2.71 bits per heavy atom. The Bertz CT molecular complexity index is 360. The monoisotopic (exact) mass is 320 g/mol. The molecule has 1 aromatic carbocycles. The SMILES string of the molecule is CC(C)SCC(Cc1ccc(Br)cc1F)NN. The highest BCUT2D eigenvalue weighted by Gasteiger charge is 2.12. The predicted octanol–water partition coefficient (Wildman–Crippen LogP) is 3.10. The molecule has 0 heterocycles. The van der Waals surface area contributed by atoms with Crippen molar-refractivity contribution in [3.63, 3.8) is 0 Å². The number of thioether (sulfide) groups is 1. The largest absolute Gasteiger partial charge is 0.271 e. The first-order chi connectivity index (χ1) is 8.02. The van der Waals surface area contributed by atoms with Crippen molar-refractivity contribution in [1.29, 1.82) is 0 Å². The van der Waals surface area contributed by atoms with E-state index in [0.717, 1.165) is 10.2 Å². The molecule has 0 saturated carbocycles. The van der Waals surface area contributed by atoms with Gasteiger partial charge in [0.2, 0.25) is 0 Å². The Morgan fingerprint density at radius 1 is 1.47 bits per heavy atom. The van der Waals surface area contributed by atoms with Crippen molar-refractivity contribution in [2.75, 3.05) is 5.75 Å². The van der Waals surface area contributed by atoms with Gasteiger partial charge in [-0.2, -0.15) is 11.8 Å². The average molecular weight is 321 g/mol. The maximum absolute atomic E-state index is 13.6. The van der Waals surface area contributed by atoms with E-state index in [0.29, 0.717) is 17.2 Å². The van der Waals surface area contributed by atoms with Crippen LogP contribution >= 0.6 is 27.7 Å². The van der Waals surface area contributed by atoms with Gasteiger partial charge < -0.3 is 0 Å². The lowest BCUT2D eigenvalue weighted by Crippen LogP contribution is -2.39. The molecule has 0 saturated heterocycles. The second kappa shape index (κ2) is 7.36. The van der Waals surface area contributed by atoms with Gasteiger partial charge >= 0.3 is 0 Å². The average Bonchev–Trinajstić information content (AvgIpc) is 2.26. The minimum atomic E-state index is -0.186. The molecule has 3 N–H and O–H groups in total. The van der Waals surface area contributed by atoms with E-state index in [4.69, 9.17) is 5.84 Å². The molecule has 0 amide bonds. The Hall–Kier alpha value is -0.100. The summed E-state index contributed by atoms with van der Waals surface area (Å²) in [6.07, 6.45) is 0.606. The summed E-state index contributed by atoms with van der Waals surface area (Å²) in [6, 6.07) is 5.22. The molecule has 2 nitrogen and oxygen atoms in total. The summed E-state index contributed by atoms with van der Waals surface area (Å²) in [5.74, 6) is 6.18. The summed E-state index contributed by atoms with van der Waals surface area (Å²) in [6.45, 7) is 4.27. The van der Waals surface area contributed by atoms with Crippen molar-refractivity contribution in [3.8, 4) is 0 Å². The van der Waals surface area contributed by atoms with Gasteiger partial charge in [-0.3, -0.25) is 11.3 Å². The second-order valence-corrected chi connectivity index (χ2v) is 6.71. The Morgan fingerprint density at radius 2 is 2.18 bits per heavy atom. The first-order valence-corrected chi connectivity index (χ1v) is 7.38. The molecule has 17 heavy (non-hydrogen) atoms. The van der Waals surface area contributed by atoms with E-state index >= 15 is 0 Å². The topological polar surface area (TPSA) is 38.0 Å². The van der Waals surface area contributed by atoms with E-state index in [-0.39, 0.29) is 11.9 Å². The highest BCUT2D eigenvalue weighted by molar-refractivity contribution is 9.10. The molecule has 0 spiro atoms. The van der Waals surface area contributed by atoms with Crippen LogP contribution in [0.3, 0.4) is 0 Å². The normalized spacial score (nSPS) is 13.1. The third kappa shape index (κ3) is 5.38. The minimum absolute atomic E-state index is 0.0954. The molecule has 0 radical (unpaired) electrons. The lowest BCUT2D eigenvalue weighted by Gasteiger charge is -2.17. The van der Waals surface area contributed by atoms with Gasteiger partial charge in [0, 0.05) is 16.3 Å². The minimum Gasteiger partial charge on any atom is -0.271 e. The predicted molar refractivity (Wildman–Crippen MR) is 76.5 cm³/mol. The molecule has 1 atom stereocenters. The van der Waals surface area contributed by atoms with Crippen LogP contribution in [0.1, 0.15) is 19.4 Å². The lowest BCUT2D eigenvalue weighted by molar-refractivity contribution is 0.546. The standard InChI is InChI=1S/C12H18BrFN2S/c1-8(2)17-7-11(16-15)5-9-3-4-10(13)6-12(9)14/h3-4,6,8,11,16H,5,7,15H2,1-2H3.